The van der Waals surface area contributed by atoms with Crippen LogP contribution in [-0.4, -0.2) is 51.0 Å². The molecule has 3 aliphatic rings. The van der Waals surface area contributed by atoms with Gasteiger partial charge in [-0.05, 0) is 37.7 Å². The van der Waals surface area contributed by atoms with E-state index in [0.717, 1.165) is 45.0 Å². The Morgan fingerprint density at radius 1 is 1.20 bits per heavy atom. The van der Waals surface area contributed by atoms with E-state index in [0.29, 0.717) is 18.2 Å². The molecule has 25 heavy (non-hydrogen) atoms. The molecule has 3 heterocycles. The third-order valence-corrected chi connectivity index (χ3v) is 6.08. The van der Waals surface area contributed by atoms with Crippen molar-refractivity contribution in [3.05, 3.63) is 35.9 Å². The maximum absolute atomic E-state index is 5.95. The molecule has 0 amide bonds. The second kappa shape index (κ2) is 7.34. The van der Waals surface area contributed by atoms with Crippen LogP contribution in [0.1, 0.15) is 37.7 Å². The summed E-state index contributed by atoms with van der Waals surface area (Å²) < 4.78 is 11.6. The average Bonchev–Trinajstić information content (AvgIpc) is 3.29. The number of nitrogens with one attached hydrogen (secondary N) is 2. The molecule has 1 aromatic rings. The Morgan fingerprint density at radius 3 is 2.64 bits per heavy atom. The smallest absolute Gasteiger partial charge is 0.191 e. The number of ether oxygens (including phenoxy) is 2. The van der Waals surface area contributed by atoms with Gasteiger partial charge in [-0.15, -0.1) is 0 Å². The maximum Gasteiger partial charge on any atom is 0.191 e. The minimum atomic E-state index is 0.113. The van der Waals surface area contributed by atoms with Gasteiger partial charge in [0.2, 0.25) is 0 Å². The lowest BCUT2D eigenvalue weighted by molar-refractivity contribution is 0.0513. The lowest BCUT2D eigenvalue weighted by Gasteiger charge is -2.38. The molecule has 0 aliphatic carbocycles. The van der Waals surface area contributed by atoms with Crippen LogP contribution >= 0.6 is 0 Å². The van der Waals surface area contributed by atoms with Gasteiger partial charge in [-0.1, -0.05) is 30.3 Å². The van der Waals surface area contributed by atoms with Crippen molar-refractivity contribution in [2.24, 2.45) is 4.99 Å². The Labute approximate surface area is 150 Å². The van der Waals surface area contributed by atoms with E-state index in [1.54, 1.807) is 0 Å². The predicted molar refractivity (Wildman–Crippen MR) is 99.0 cm³/mol. The molecule has 136 valence electrons. The summed E-state index contributed by atoms with van der Waals surface area (Å²) in [5, 5.41) is 7.18. The van der Waals surface area contributed by atoms with Crippen LogP contribution in [0.4, 0.5) is 0 Å². The van der Waals surface area contributed by atoms with Crippen molar-refractivity contribution in [2.45, 2.75) is 55.8 Å². The van der Waals surface area contributed by atoms with E-state index in [4.69, 9.17) is 9.47 Å². The number of guanidine groups is 1. The lowest BCUT2D eigenvalue weighted by atomic mass is 9.74. The molecule has 0 saturated carbocycles. The average molecular weight is 343 g/mol. The first-order valence-electron chi connectivity index (χ1n) is 9.55. The van der Waals surface area contributed by atoms with E-state index in [2.05, 4.69) is 46.0 Å². The molecule has 0 spiro atoms. The minimum Gasteiger partial charge on any atom is -0.381 e. The Balaban J connectivity index is 1.41. The molecule has 3 unspecified atom stereocenters. The number of benzene rings is 1. The zero-order valence-corrected chi connectivity index (χ0v) is 15.0. The lowest BCUT2D eigenvalue weighted by Crippen LogP contribution is -2.51. The fourth-order valence-corrected chi connectivity index (χ4v) is 4.53. The van der Waals surface area contributed by atoms with Crippen LogP contribution in [-0.2, 0) is 14.9 Å². The summed E-state index contributed by atoms with van der Waals surface area (Å²) in [5.41, 5.74) is 1.51. The number of rotatable bonds is 4. The van der Waals surface area contributed by atoms with Crippen LogP contribution in [0, 0.1) is 0 Å². The van der Waals surface area contributed by atoms with E-state index in [1.165, 1.54) is 18.4 Å². The van der Waals surface area contributed by atoms with Gasteiger partial charge < -0.3 is 20.1 Å². The monoisotopic (exact) mass is 343 g/mol. The number of fused-ring (bicyclic) bond motifs is 2. The Bertz CT molecular complexity index is 598. The van der Waals surface area contributed by atoms with Crippen molar-refractivity contribution in [3.8, 4) is 0 Å². The summed E-state index contributed by atoms with van der Waals surface area (Å²) in [4.78, 5) is 4.45. The molecule has 0 aromatic heterocycles. The molecule has 0 radical (unpaired) electrons. The zero-order chi connectivity index (χ0) is 17.1. The van der Waals surface area contributed by atoms with Crippen molar-refractivity contribution in [1.82, 2.24) is 10.6 Å². The first kappa shape index (κ1) is 16.9. The van der Waals surface area contributed by atoms with E-state index in [1.807, 2.05) is 7.05 Å². The standard InChI is InChI=1S/C20H29N3O2/c1-21-19(23-17-13-16-7-8-18(17)25-16)22-14-20(9-11-24-12-10-20)15-5-3-2-4-6-15/h2-6,16-18H,7-14H2,1H3,(H2,21,22,23). The van der Waals surface area contributed by atoms with Gasteiger partial charge in [-0.2, -0.15) is 0 Å². The fraction of sp³-hybridized carbons (Fsp3) is 0.650. The summed E-state index contributed by atoms with van der Waals surface area (Å²) in [5.74, 6) is 0.892. The molecule has 1 aromatic carbocycles. The molecular formula is C20H29N3O2. The third kappa shape index (κ3) is 3.53. The molecular weight excluding hydrogens is 314 g/mol. The van der Waals surface area contributed by atoms with E-state index in [9.17, 15) is 0 Å². The van der Waals surface area contributed by atoms with Crippen molar-refractivity contribution in [1.29, 1.82) is 0 Å². The molecule has 3 fully saturated rings. The SMILES string of the molecule is CN=C(NCC1(c2ccccc2)CCOCC1)NC1CC2CCC1O2. The number of hydrogen-bond acceptors (Lipinski definition) is 3. The summed E-state index contributed by atoms with van der Waals surface area (Å²) in [6.45, 7) is 2.52. The topological polar surface area (TPSA) is 54.9 Å². The second-order valence-corrected chi connectivity index (χ2v) is 7.54. The first-order chi connectivity index (χ1) is 12.3. The zero-order valence-electron chi connectivity index (χ0n) is 15.0. The fourth-order valence-electron chi connectivity index (χ4n) is 4.53. The molecule has 3 aliphatic heterocycles. The van der Waals surface area contributed by atoms with Crippen LogP contribution in [0.2, 0.25) is 0 Å². The highest BCUT2D eigenvalue weighted by molar-refractivity contribution is 5.80. The summed E-state index contributed by atoms with van der Waals surface area (Å²) in [6, 6.07) is 11.2. The van der Waals surface area contributed by atoms with Gasteiger partial charge in [0.1, 0.15) is 0 Å². The molecule has 5 nitrogen and oxygen atoms in total. The normalized spacial score (nSPS) is 31.1. The van der Waals surface area contributed by atoms with Crippen molar-refractivity contribution >= 4 is 5.96 Å². The van der Waals surface area contributed by atoms with Crippen LogP contribution in [0.25, 0.3) is 0 Å². The van der Waals surface area contributed by atoms with Gasteiger partial charge in [-0.25, -0.2) is 0 Å². The first-order valence-corrected chi connectivity index (χ1v) is 9.55. The Kier molecular flexibility index (Phi) is 4.95. The van der Waals surface area contributed by atoms with Gasteiger partial charge in [0.05, 0.1) is 18.2 Å². The van der Waals surface area contributed by atoms with Crippen molar-refractivity contribution < 1.29 is 9.47 Å². The van der Waals surface area contributed by atoms with Gasteiger partial charge in [-0.3, -0.25) is 4.99 Å². The van der Waals surface area contributed by atoms with E-state index in [-0.39, 0.29) is 5.41 Å². The summed E-state index contributed by atoms with van der Waals surface area (Å²) in [6.07, 6.45) is 6.37. The van der Waals surface area contributed by atoms with Crippen molar-refractivity contribution in [3.63, 3.8) is 0 Å². The van der Waals surface area contributed by atoms with Gasteiger partial charge in [0.25, 0.3) is 0 Å². The Hall–Kier alpha value is -1.59. The van der Waals surface area contributed by atoms with Crippen LogP contribution < -0.4 is 10.6 Å². The van der Waals surface area contributed by atoms with Gasteiger partial charge >= 0.3 is 0 Å². The number of nitrogens with zero attached hydrogens (tertiary/aromatic N) is 1. The largest absolute Gasteiger partial charge is 0.381 e. The van der Waals surface area contributed by atoms with Gasteiger partial charge in [0.15, 0.2) is 5.96 Å². The molecule has 2 bridgehead atoms. The Morgan fingerprint density at radius 2 is 2.00 bits per heavy atom. The minimum absolute atomic E-state index is 0.113. The highest BCUT2D eigenvalue weighted by atomic mass is 16.5. The third-order valence-electron chi connectivity index (χ3n) is 6.08. The second-order valence-electron chi connectivity index (χ2n) is 7.54. The van der Waals surface area contributed by atoms with E-state index < -0.39 is 0 Å². The predicted octanol–water partition coefficient (Wildman–Crippen LogP) is 2.22. The van der Waals surface area contributed by atoms with E-state index >= 15 is 0 Å². The number of aliphatic imine (C=N–C) groups is 1. The molecule has 3 saturated heterocycles. The highest BCUT2D eigenvalue weighted by Gasteiger charge is 2.41. The van der Waals surface area contributed by atoms with Gasteiger partial charge in [0, 0.05) is 32.2 Å². The van der Waals surface area contributed by atoms with Crippen LogP contribution in [0.5, 0.6) is 0 Å². The quantitative estimate of drug-likeness (QED) is 0.650. The molecule has 4 rings (SSSR count). The van der Waals surface area contributed by atoms with Crippen molar-refractivity contribution in [2.75, 3.05) is 26.8 Å². The van der Waals surface area contributed by atoms with Crippen LogP contribution in [0.15, 0.2) is 35.3 Å². The summed E-state index contributed by atoms with van der Waals surface area (Å²) in [7, 11) is 1.85. The number of hydrogen-bond donors (Lipinski definition) is 2. The van der Waals surface area contributed by atoms with Crippen LogP contribution in [0.3, 0.4) is 0 Å². The molecule has 5 heteroatoms. The summed E-state index contributed by atoms with van der Waals surface area (Å²) >= 11 is 0. The molecule has 2 N–H and O–H groups in total. The highest BCUT2D eigenvalue weighted by Crippen LogP contribution is 2.35. The molecule has 3 atom stereocenters. The maximum atomic E-state index is 5.95.